The summed E-state index contributed by atoms with van der Waals surface area (Å²) in [5, 5.41) is 3.26. The minimum absolute atomic E-state index is 0.255. The molecule has 1 aromatic heterocycles. The van der Waals surface area contributed by atoms with Gasteiger partial charge in [0.05, 0.1) is 17.8 Å². The number of ether oxygens (including phenoxy) is 1. The van der Waals surface area contributed by atoms with Crippen LogP contribution < -0.4 is 10.1 Å². The number of halogens is 1. The van der Waals surface area contributed by atoms with Crippen molar-refractivity contribution in [3.8, 4) is 5.75 Å². The van der Waals surface area contributed by atoms with Crippen LogP contribution in [0.4, 0.5) is 4.39 Å². The number of thiazole rings is 1. The minimum atomic E-state index is -0.255. The highest BCUT2D eigenvalue weighted by Gasteiger charge is 2.04. The maximum atomic E-state index is 13.6. The summed E-state index contributed by atoms with van der Waals surface area (Å²) in [6.45, 7) is 6.22. The molecule has 0 atom stereocenters. The van der Waals surface area contributed by atoms with Gasteiger partial charge in [-0.1, -0.05) is 6.92 Å². The van der Waals surface area contributed by atoms with Crippen LogP contribution in [-0.4, -0.2) is 18.1 Å². The maximum absolute atomic E-state index is 13.6. The molecule has 3 nitrogen and oxygen atoms in total. The number of benzene rings is 1. The Morgan fingerprint density at radius 2 is 2.19 bits per heavy atom. The van der Waals surface area contributed by atoms with Crippen molar-refractivity contribution in [2.45, 2.75) is 33.2 Å². The molecular formula is C16H21FN2OS. The van der Waals surface area contributed by atoms with Crippen molar-refractivity contribution in [1.82, 2.24) is 10.3 Å². The molecule has 0 unspecified atom stereocenters. The summed E-state index contributed by atoms with van der Waals surface area (Å²) in [5.74, 6) is 0.334. The molecule has 1 aromatic carbocycles. The summed E-state index contributed by atoms with van der Waals surface area (Å²) in [7, 11) is 0. The highest BCUT2D eigenvalue weighted by Crippen LogP contribution is 2.18. The molecule has 2 rings (SSSR count). The fraction of sp³-hybridized carbons (Fsp3) is 0.438. The van der Waals surface area contributed by atoms with Crippen LogP contribution >= 0.6 is 11.3 Å². The summed E-state index contributed by atoms with van der Waals surface area (Å²) >= 11 is 1.63. The molecule has 0 spiro atoms. The van der Waals surface area contributed by atoms with E-state index in [2.05, 4.69) is 17.2 Å². The first-order valence-corrected chi connectivity index (χ1v) is 8.09. The molecule has 0 aliphatic heterocycles. The standard InChI is InChI=1S/C16H21FN2OS/c1-3-5-18-10-13-7-14(17)9-15(8-13)20-6-4-16-12(2)19-11-21-16/h7-9,11,18H,3-6,10H2,1-2H3. The highest BCUT2D eigenvalue weighted by molar-refractivity contribution is 7.09. The number of nitrogens with zero attached hydrogens (tertiary/aromatic N) is 1. The second kappa shape index (κ2) is 8.10. The zero-order valence-corrected chi connectivity index (χ0v) is 13.3. The predicted molar refractivity (Wildman–Crippen MR) is 84.4 cm³/mol. The Morgan fingerprint density at radius 3 is 2.90 bits per heavy atom. The molecule has 0 aliphatic carbocycles. The van der Waals surface area contributed by atoms with Crippen LogP contribution in [-0.2, 0) is 13.0 Å². The van der Waals surface area contributed by atoms with Gasteiger partial charge in [0.1, 0.15) is 11.6 Å². The fourth-order valence-corrected chi connectivity index (χ4v) is 2.81. The van der Waals surface area contributed by atoms with Gasteiger partial charge in [0, 0.05) is 23.9 Å². The Morgan fingerprint density at radius 1 is 1.33 bits per heavy atom. The summed E-state index contributed by atoms with van der Waals surface area (Å²) in [6, 6.07) is 4.87. The predicted octanol–water partition coefficient (Wildman–Crippen LogP) is 3.71. The Hall–Kier alpha value is -1.46. The quantitative estimate of drug-likeness (QED) is 0.755. The number of aromatic nitrogens is 1. The number of hydrogen-bond acceptors (Lipinski definition) is 4. The second-order valence-corrected chi connectivity index (χ2v) is 5.87. The maximum Gasteiger partial charge on any atom is 0.127 e. The Bertz CT molecular complexity index is 571. The monoisotopic (exact) mass is 308 g/mol. The van der Waals surface area contributed by atoms with E-state index in [0.717, 1.165) is 30.6 Å². The summed E-state index contributed by atoms with van der Waals surface area (Å²) in [4.78, 5) is 5.43. The van der Waals surface area contributed by atoms with Gasteiger partial charge in [-0.15, -0.1) is 11.3 Å². The van der Waals surface area contributed by atoms with Crippen LogP contribution in [0.15, 0.2) is 23.7 Å². The first-order valence-electron chi connectivity index (χ1n) is 7.21. The van der Waals surface area contributed by atoms with Crippen molar-refractivity contribution in [2.24, 2.45) is 0 Å². The molecule has 0 bridgehead atoms. The summed E-state index contributed by atoms with van der Waals surface area (Å²) in [6.07, 6.45) is 1.86. The zero-order valence-electron chi connectivity index (χ0n) is 12.5. The first kappa shape index (κ1) is 15.9. The molecule has 21 heavy (non-hydrogen) atoms. The number of rotatable bonds is 8. The second-order valence-electron chi connectivity index (χ2n) is 4.93. The largest absolute Gasteiger partial charge is 0.493 e. The Labute approximate surface area is 129 Å². The first-order chi connectivity index (χ1) is 10.2. The van der Waals surface area contributed by atoms with Gasteiger partial charge in [0.15, 0.2) is 0 Å². The van der Waals surface area contributed by atoms with E-state index in [1.165, 1.54) is 10.9 Å². The summed E-state index contributed by atoms with van der Waals surface area (Å²) < 4.78 is 19.3. The van der Waals surface area contributed by atoms with Gasteiger partial charge in [-0.25, -0.2) is 9.37 Å². The third kappa shape index (κ3) is 5.10. The molecule has 0 fully saturated rings. The van der Waals surface area contributed by atoms with Gasteiger partial charge >= 0.3 is 0 Å². The van der Waals surface area contributed by atoms with E-state index in [1.807, 2.05) is 18.5 Å². The van der Waals surface area contributed by atoms with E-state index in [9.17, 15) is 4.39 Å². The van der Waals surface area contributed by atoms with E-state index >= 15 is 0 Å². The van der Waals surface area contributed by atoms with Gasteiger partial charge in [-0.2, -0.15) is 0 Å². The SMILES string of the molecule is CCCNCc1cc(F)cc(OCCc2scnc2C)c1. The topological polar surface area (TPSA) is 34.1 Å². The van der Waals surface area contributed by atoms with Gasteiger partial charge in [0.2, 0.25) is 0 Å². The van der Waals surface area contributed by atoms with Crippen LogP contribution in [0.25, 0.3) is 0 Å². The lowest BCUT2D eigenvalue weighted by atomic mass is 10.2. The van der Waals surface area contributed by atoms with Gasteiger partial charge in [-0.05, 0) is 37.6 Å². The van der Waals surface area contributed by atoms with Crippen molar-refractivity contribution in [1.29, 1.82) is 0 Å². The Balaban J connectivity index is 1.88. The van der Waals surface area contributed by atoms with E-state index in [0.29, 0.717) is 18.9 Å². The smallest absolute Gasteiger partial charge is 0.127 e. The molecule has 0 radical (unpaired) electrons. The van der Waals surface area contributed by atoms with E-state index in [-0.39, 0.29) is 5.82 Å². The van der Waals surface area contributed by atoms with Crippen LogP contribution in [0.2, 0.25) is 0 Å². The fourth-order valence-electron chi connectivity index (χ4n) is 2.04. The molecule has 5 heteroatoms. The van der Waals surface area contributed by atoms with Gasteiger partial charge in [0.25, 0.3) is 0 Å². The van der Waals surface area contributed by atoms with Crippen LogP contribution in [0.3, 0.4) is 0 Å². The number of nitrogens with one attached hydrogen (secondary N) is 1. The Kier molecular flexibility index (Phi) is 6.14. The van der Waals surface area contributed by atoms with Crippen molar-refractivity contribution in [2.75, 3.05) is 13.2 Å². The lowest BCUT2D eigenvalue weighted by Crippen LogP contribution is -2.14. The highest BCUT2D eigenvalue weighted by atomic mass is 32.1. The van der Waals surface area contributed by atoms with Crippen LogP contribution in [0.1, 0.15) is 29.5 Å². The molecular weight excluding hydrogens is 287 g/mol. The van der Waals surface area contributed by atoms with Crippen LogP contribution in [0.5, 0.6) is 5.75 Å². The number of hydrogen-bond donors (Lipinski definition) is 1. The molecule has 0 aliphatic rings. The average molecular weight is 308 g/mol. The third-order valence-corrected chi connectivity index (χ3v) is 4.12. The van der Waals surface area contributed by atoms with Crippen LogP contribution in [0, 0.1) is 12.7 Å². The molecule has 2 aromatic rings. The van der Waals surface area contributed by atoms with Crippen molar-refractivity contribution < 1.29 is 9.13 Å². The van der Waals surface area contributed by atoms with E-state index < -0.39 is 0 Å². The normalized spacial score (nSPS) is 10.8. The van der Waals surface area contributed by atoms with E-state index in [1.54, 1.807) is 17.4 Å². The summed E-state index contributed by atoms with van der Waals surface area (Å²) in [5.41, 5.74) is 3.80. The minimum Gasteiger partial charge on any atom is -0.493 e. The zero-order chi connectivity index (χ0) is 15.1. The lowest BCUT2D eigenvalue weighted by molar-refractivity contribution is 0.320. The molecule has 0 saturated heterocycles. The third-order valence-electron chi connectivity index (χ3n) is 3.13. The van der Waals surface area contributed by atoms with Crippen molar-refractivity contribution in [3.63, 3.8) is 0 Å². The van der Waals surface area contributed by atoms with Crippen molar-refractivity contribution in [3.05, 3.63) is 45.7 Å². The molecule has 1 N–H and O–H groups in total. The molecule has 0 amide bonds. The average Bonchev–Trinajstić information content (AvgIpc) is 2.84. The van der Waals surface area contributed by atoms with Gasteiger partial charge < -0.3 is 10.1 Å². The molecule has 1 heterocycles. The molecule has 114 valence electrons. The van der Waals surface area contributed by atoms with Crippen molar-refractivity contribution >= 4 is 11.3 Å². The van der Waals surface area contributed by atoms with E-state index in [4.69, 9.17) is 4.74 Å². The lowest BCUT2D eigenvalue weighted by Gasteiger charge is -2.09. The van der Waals surface area contributed by atoms with Gasteiger partial charge in [-0.3, -0.25) is 0 Å². The number of aryl methyl sites for hydroxylation is 1. The molecule has 0 saturated carbocycles.